The number of hydrogen-bond acceptors (Lipinski definition) is 4. The van der Waals surface area contributed by atoms with E-state index in [2.05, 4.69) is 27.3 Å². The molecule has 1 saturated heterocycles. The number of ether oxygens (including phenoxy) is 1. The van der Waals surface area contributed by atoms with Crippen LogP contribution >= 0.6 is 0 Å². The Morgan fingerprint density at radius 1 is 1.25 bits per heavy atom. The van der Waals surface area contributed by atoms with Crippen molar-refractivity contribution < 1.29 is 4.74 Å². The Morgan fingerprint density at radius 3 is 2.75 bits per heavy atom. The number of nitrogens with zero attached hydrogens (tertiary/aromatic N) is 2. The third kappa shape index (κ3) is 2.43. The number of anilines is 1. The Balaban J connectivity index is 1.92. The van der Waals surface area contributed by atoms with Crippen LogP contribution in [-0.4, -0.2) is 38.3 Å². The SMILES string of the molecule is CNC1CCN(c2nccc3cc(OC)ccc23)CC1. The Morgan fingerprint density at radius 2 is 2.05 bits per heavy atom. The zero-order valence-electron chi connectivity index (χ0n) is 12.1. The third-order valence-electron chi connectivity index (χ3n) is 4.15. The van der Waals surface area contributed by atoms with Crippen molar-refractivity contribution in [2.75, 3.05) is 32.1 Å². The minimum Gasteiger partial charge on any atom is -0.497 e. The molecule has 20 heavy (non-hydrogen) atoms. The van der Waals surface area contributed by atoms with Crippen LogP contribution in [0, 0.1) is 0 Å². The van der Waals surface area contributed by atoms with Gasteiger partial charge in [0.1, 0.15) is 11.6 Å². The van der Waals surface area contributed by atoms with E-state index < -0.39 is 0 Å². The maximum absolute atomic E-state index is 5.29. The van der Waals surface area contributed by atoms with Gasteiger partial charge in [-0.15, -0.1) is 0 Å². The summed E-state index contributed by atoms with van der Waals surface area (Å²) in [6, 6.07) is 8.87. The first-order valence-electron chi connectivity index (χ1n) is 7.17. The summed E-state index contributed by atoms with van der Waals surface area (Å²) in [4.78, 5) is 6.99. The summed E-state index contributed by atoms with van der Waals surface area (Å²) >= 11 is 0. The molecule has 1 N–H and O–H groups in total. The molecule has 0 amide bonds. The van der Waals surface area contributed by atoms with Crippen LogP contribution in [0.25, 0.3) is 10.8 Å². The summed E-state index contributed by atoms with van der Waals surface area (Å²) in [5.74, 6) is 1.99. The second-order valence-electron chi connectivity index (χ2n) is 5.27. The lowest BCUT2D eigenvalue weighted by Gasteiger charge is -2.33. The Kier molecular flexibility index (Phi) is 3.74. The zero-order chi connectivity index (χ0) is 13.9. The van der Waals surface area contributed by atoms with Gasteiger partial charge in [0.2, 0.25) is 0 Å². The van der Waals surface area contributed by atoms with Crippen molar-refractivity contribution in [2.24, 2.45) is 0 Å². The van der Waals surface area contributed by atoms with Gasteiger partial charge >= 0.3 is 0 Å². The van der Waals surface area contributed by atoms with E-state index in [1.54, 1.807) is 7.11 Å². The van der Waals surface area contributed by atoms with Crippen LogP contribution in [0.15, 0.2) is 30.5 Å². The summed E-state index contributed by atoms with van der Waals surface area (Å²) in [6.45, 7) is 2.12. The van der Waals surface area contributed by atoms with Gasteiger partial charge in [-0.2, -0.15) is 0 Å². The molecule has 2 heterocycles. The minimum absolute atomic E-state index is 0.640. The van der Waals surface area contributed by atoms with Crippen LogP contribution in [0.4, 0.5) is 5.82 Å². The Labute approximate surface area is 119 Å². The van der Waals surface area contributed by atoms with Gasteiger partial charge in [0, 0.05) is 30.7 Å². The van der Waals surface area contributed by atoms with Crippen molar-refractivity contribution in [2.45, 2.75) is 18.9 Å². The number of aromatic nitrogens is 1. The van der Waals surface area contributed by atoms with Crippen LogP contribution < -0.4 is 15.0 Å². The maximum atomic E-state index is 5.29. The predicted molar refractivity (Wildman–Crippen MR) is 82.6 cm³/mol. The van der Waals surface area contributed by atoms with Crippen LogP contribution in [0.1, 0.15) is 12.8 Å². The van der Waals surface area contributed by atoms with E-state index in [0.29, 0.717) is 6.04 Å². The zero-order valence-corrected chi connectivity index (χ0v) is 12.1. The molecule has 4 nitrogen and oxygen atoms in total. The van der Waals surface area contributed by atoms with E-state index in [0.717, 1.165) is 24.7 Å². The fourth-order valence-electron chi connectivity index (χ4n) is 2.90. The quantitative estimate of drug-likeness (QED) is 0.930. The van der Waals surface area contributed by atoms with Crippen molar-refractivity contribution >= 4 is 16.6 Å². The summed E-state index contributed by atoms with van der Waals surface area (Å²) in [5.41, 5.74) is 0. The number of hydrogen-bond donors (Lipinski definition) is 1. The molecule has 0 atom stereocenters. The second-order valence-corrected chi connectivity index (χ2v) is 5.27. The monoisotopic (exact) mass is 271 g/mol. The van der Waals surface area contributed by atoms with E-state index >= 15 is 0 Å². The first kappa shape index (κ1) is 13.2. The number of benzene rings is 1. The van der Waals surface area contributed by atoms with Crippen LogP contribution in [0.5, 0.6) is 5.75 Å². The topological polar surface area (TPSA) is 37.4 Å². The molecule has 0 aliphatic carbocycles. The van der Waals surface area contributed by atoms with Crippen molar-refractivity contribution in [3.05, 3.63) is 30.5 Å². The lowest BCUT2D eigenvalue weighted by molar-refractivity contribution is 0.415. The molecule has 0 unspecified atom stereocenters. The smallest absolute Gasteiger partial charge is 0.136 e. The van der Waals surface area contributed by atoms with Crippen molar-refractivity contribution in [1.29, 1.82) is 0 Å². The highest BCUT2D eigenvalue weighted by Gasteiger charge is 2.20. The number of rotatable bonds is 3. The molecule has 106 valence electrons. The molecule has 1 aromatic carbocycles. The molecular formula is C16H21N3O. The summed E-state index contributed by atoms with van der Waals surface area (Å²) in [7, 11) is 3.74. The number of pyridine rings is 1. The molecule has 1 aliphatic heterocycles. The fourth-order valence-corrected chi connectivity index (χ4v) is 2.90. The Hall–Kier alpha value is -1.81. The van der Waals surface area contributed by atoms with E-state index in [1.165, 1.54) is 23.6 Å². The van der Waals surface area contributed by atoms with Crippen molar-refractivity contribution in [3.8, 4) is 5.75 Å². The molecule has 1 aliphatic rings. The molecule has 2 aromatic rings. The molecule has 1 aromatic heterocycles. The molecule has 0 bridgehead atoms. The lowest BCUT2D eigenvalue weighted by Crippen LogP contribution is -2.41. The van der Waals surface area contributed by atoms with Gasteiger partial charge in [-0.3, -0.25) is 0 Å². The van der Waals surface area contributed by atoms with Crippen LogP contribution in [-0.2, 0) is 0 Å². The molecule has 0 radical (unpaired) electrons. The van der Waals surface area contributed by atoms with Crippen molar-refractivity contribution in [1.82, 2.24) is 10.3 Å². The van der Waals surface area contributed by atoms with Crippen LogP contribution in [0.2, 0.25) is 0 Å². The molecule has 4 heteroatoms. The summed E-state index contributed by atoms with van der Waals surface area (Å²) < 4.78 is 5.29. The normalized spacial score (nSPS) is 16.6. The van der Waals surface area contributed by atoms with E-state index in [-0.39, 0.29) is 0 Å². The molecule has 0 saturated carbocycles. The summed E-state index contributed by atoms with van der Waals surface area (Å²) in [5, 5.41) is 5.75. The largest absolute Gasteiger partial charge is 0.497 e. The van der Waals surface area contributed by atoms with Gasteiger partial charge in [0.15, 0.2) is 0 Å². The van der Waals surface area contributed by atoms with Crippen molar-refractivity contribution in [3.63, 3.8) is 0 Å². The second kappa shape index (κ2) is 5.67. The van der Waals surface area contributed by atoms with E-state index in [4.69, 9.17) is 4.74 Å². The highest BCUT2D eigenvalue weighted by Crippen LogP contribution is 2.29. The maximum Gasteiger partial charge on any atom is 0.136 e. The molecular weight excluding hydrogens is 250 g/mol. The Bertz CT molecular complexity index is 591. The van der Waals surface area contributed by atoms with Gasteiger partial charge in [0.25, 0.3) is 0 Å². The fraction of sp³-hybridized carbons (Fsp3) is 0.438. The van der Waals surface area contributed by atoms with Gasteiger partial charge in [-0.1, -0.05) is 0 Å². The number of methoxy groups -OCH3 is 1. The first-order valence-corrected chi connectivity index (χ1v) is 7.17. The van der Waals surface area contributed by atoms with Gasteiger partial charge in [0.05, 0.1) is 7.11 Å². The van der Waals surface area contributed by atoms with Crippen LogP contribution in [0.3, 0.4) is 0 Å². The lowest BCUT2D eigenvalue weighted by atomic mass is 10.0. The summed E-state index contributed by atoms with van der Waals surface area (Å²) in [6.07, 6.45) is 4.23. The van der Waals surface area contributed by atoms with E-state index in [9.17, 15) is 0 Å². The molecule has 0 spiro atoms. The average molecular weight is 271 g/mol. The van der Waals surface area contributed by atoms with Gasteiger partial charge < -0.3 is 15.0 Å². The number of fused-ring (bicyclic) bond motifs is 1. The third-order valence-corrected chi connectivity index (χ3v) is 4.15. The minimum atomic E-state index is 0.640. The predicted octanol–water partition coefficient (Wildman–Crippen LogP) is 2.43. The molecule has 1 fully saturated rings. The number of nitrogens with one attached hydrogen (secondary N) is 1. The van der Waals surface area contributed by atoms with Gasteiger partial charge in [-0.25, -0.2) is 4.98 Å². The first-order chi connectivity index (χ1) is 9.81. The molecule has 3 rings (SSSR count). The van der Waals surface area contributed by atoms with Gasteiger partial charge in [-0.05, 0) is 49.5 Å². The standard InChI is InChI=1S/C16H21N3O/c1-17-13-6-9-19(10-7-13)16-15-4-3-14(20-2)11-12(15)5-8-18-16/h3-5,8,11,13,17H,6-7,9-10H2,1-2H3. The highest BCUT2D eigenvalue weighted by atomic mass is 16.5. The number of piperidine rings is 1. The average Bonchev–Trinajstić information content (AvgIpc) is 2.54. The highest BCUT2D eigenvalue weighted by molar-refractivity contribution is 5.93. The van der Waals surface area contributed by atoms with E-state index in [1.807, 2.05) is 25.4 Å².